The molecule has 0 radical (unpaired) electrons. The Hall–Kier alpha value is -0.340. The number of alkyl halides is 1. The van der Waals surface area contributed by atoms with Gasteiger partial charge in [0.2, 0.25) is 0 Å². The Balaban J connectivity index is 1.85. The van der Waals surface area contributed by atoms with Crippen LogP contribution >= 0.6 is 15.9 Å². The van der Waals surface area contributed by atoms with Gasteiger partial charge in [0.05, 0.1) is 0 Å². The number of rotatable bonds is 5. The van der Waals surface area contributed by atoms with E-state index in [0.29, 0.717) is 12.0 Å². The minimum atomic E-state index is 0.591. The first kappa shape index (κ1) is 12.1. The number of hydrogen-bond donors (Lipinski definition) is 1. The van der Waals surface area contributed by atoms with Crippen molar-refractivity contribution in [2.75, 3.05) is 11.9 Å². The van der Waals surface area contributed by atoms with Gasteiger partial charge in [-0.3, -0.25) is 0 Å². The van der Waals surface area contributed by atoms with E-state index in [0.717, 1.165) is 17.8 Å². The summed E-state index contributed by atoms with van der Waals surface area (Å²) in [6.45, 7) is 5.66. The number of halogens is 1. The molecule has 0 saturated heterocycles. The molecule has 1 aromatic rings. The summed E-state index contributed by atoms with van der Waals surface area (Å²) in [5.74, 6) is 1.42. The van der Waals surface area contributed by atoms with Gasteiger partial charge in [-0.25, -0.2) is 0 Å². The summed E-state index contributed by atoms with van der Waals surface area (Å²) in [7, 11) is 0. The predicted octanol–water partition coefficient (Wildman–Crippen LogP) is 3.34. The maximum absolute atomic E-state index is 3.66. The third-order valence-electron chi connectivity index (χ3n) is 3.56. The van der Waals surface area contributed by atoms with Crippen molar-refractivity contribution in [1.82, 2.24) is 5.32 Å². The van der Waals surface area contributed by atoms with Crippen LogP contribution < -0.4 is 5.32 Å². The molecule has 88 valence electrons. The van der Waals surface area contributed by atoms with E-state index in [2.05, 4.69) is 59.4 Å². The molecule has 0 spiro atoms. The monoisotopic (exact) mass is 281 g/mol. The fraction of sp³-hybridized carbons (Fsp3) is 0.571. The van der Waals surface area contributed by atoms with Crippen LogP contribution in [0.1, 0.15) is 30.9 Å². The van der Waals surface area contributed by atoms with Gasteiger partial charge in [-0.2, -0.15) is 0 Å². The molecule has 0 aromatic heterocycles. The lowest BCUT2D eigenvalue weighted by Crippen LogP contribution is -2.40. The largest absolute Gasteiger partial charge is 0.312 e. The molecule has 0 heterocycles. The van der Waals surface area contributed by atoms with Gasteiger partial charge in [-0.1, -0.05) is 54.0 Å². The zero-order valence-corrected chi connectivity index (χ0v) is 11.6. The molecule has 2 unspecified atom stereocenters. The quantitative estimate of drug-likeness (QED) is 0.817. The molecule has 2 heteroatoms. The van der Waals surface area contributed by atoms with Gasteiger partial charge in [-0.15, -0.1) is 0 Å². The minimum Gasteiger partial charge on any atom is -0.312 e. The molecule has 1 aliphatic carbocycles. The molecule has 0 saturated carbocycles. The van der Waals surface area contributed by atoms with Crippen LogP contribution in [0.15, 0.2) is 24.3 Å². The first-order chi connectivity index (χ1) is 7.72. The Bertz CT molecular complexity index is 348. The zero-order valence-electron chi connectivity index (χ0n) is 10.0. The van der Waals surface area contributed by atoms with Crippen molar-refractivity contribution in [3.8, 4) is 0 Å². The van der Waals surface area contributed by atoms with Gasteiger partial charge < -0.3 is 5.32 Å². The summed E-state index contributed by atoms with van der Waals surface area (Å²) in [4.78, 5) is 0. The van der Waals surface area contributed by atoms with E-state index in [1.54, 1.807) is 5.56 Å². The van der Waals surface area contributed by atoms with E-state index in [1.165, 1.54) is 12.0 Å². The van der Waals surface area contributed by atoms with E-state index < -0.39 is 0 Å². The van der Waals surface area contributed by atoms with Crippen molar-refractivity contribution < 1.29 is 0 Å². The Kier molecular flexibility index (Phi) is 4.04. The second-order valence-corrected chi connectivity index (χ2v) is 5.66. The van der Waals surface area contributed by atoms with Crippen molar-refractivity contribution in [3.05, 3.63) is 35.4 Å². The summed E-state index contributed by atoms with van der Waals surface area (Å²) in [6.07, 6.45) is 1.25. The van der Waals surface area contributed by atoms with E-state index in [-0.39, 0.29) is 0 Å². The Morgan fingerprint density at radius 3 is 2.75 bits per heavy atom. The van der Waals surface area contributed by atoms with E-state index in [4.69, 9.17) is 0 Å². The lowest BCUT2D eigenvalue weighted by atomic mass is 9.77. The standard InChI is InChI=1S/C14H20BrN/c1-10(2)14(8-15)16-9-12-7-11-5-3-4-6-13(11)12/h3-6,10,12,14,16H,7-9H2,1-2H3. The molecule has 0 bridgehead atoms. The van der Waals surface area contributed by atoms with Crippen LogP contribution in [0.2, 0.25) is 0 Å². The van der Waals surface area contributed by atoms with Crippen molar-refractivity contribution >= 4 is 15.9 Å². The first-order valence-corrected chi connectivity index (χ1v) is 7.21. The van der Waals surface area contributed by atoms with Crippen molar-refractivity contribution in [2.45, 2.75) is 32.2 Å². The number of nitrogens with one attached hydrogen (secondary N) is 1. The molecular weight excluding hydrogens is 262 g/mol. The Labute approximate surface area is 107 Å². The normalized spacial score (nSPS) is 20.4. The molecule has 1 aliphatic rings. The van der Waals surface area contributed by atoms with Crippen molar-refractivity contribution in [2.24, 2.45) is 5.92 Å². The lowest BCUT2D eigenvalue weighted by Gasteiger charge is -2.32. The van der Waals surface area contributed by atoms with Gasteiger partial charge in [0.1, 0.15) is 0 Å². The maximum atomic E-state index is 3.66. The van der Waals surface area contributed by atoms with Gasteiger partial charge >= 0.3 is 0 Å². The summed E-state index contributed by atoms with van der Waals surface area (Å²) < 4.78 is 0. The third kappa shape index (κ3) is 2.49. The van der Waals surface area contributed by atoms with Crippen LogP contribution in [0.4, 0.5) is 0 Å². The smallest absolute Gasteiger partial charge is 0.0188 e. The van der Waals surface area contributed by atoms with Crippen LogP contribution in [0.25, 0.3) is 0 Å². The molecule has 1 N–H and O–H groups in total. The van der Waals surface area contributed by atoms with Crippen LogP contribution in [0.3, 0.4) is 0 Å². The average Bonchev–Trinajstić information content (AvgIpc) is 2.24. The second-order valence-electron chi connectivity index (χ2n) is 5.01. The summed E-state index contributed by atoms with van der Waals surface area (Å²) in [5, 5.41) is 4.71. The molecule has 0 amide bonds. The van der Waals surface area contributed by atoms with Gasteiger partial charge in [0, 0.05) is 23.8 Å². The zero-order chi connectivity index (χ0) is 11.5. The van der Waals surface area contributed by atoms with Gasteiger partial charge in [-0.05, 0) is 23.5 Å². The topological polar surface area (TPSA) is 12.0 Å². The molecule has 2 atom stereocenters. The first-order valence-electron chi connectivity index (χ1n) is 6.09. The van der Waals surface area contributed by atoms with Crippen molar-refractivity contribution in [3.63, 3.8) is 0 Å². The fourth-order valence-electron chi connectivity index (χ4n) is 2.31. The van der Waals surface area contributed by atoms with E-state index in [9.17, 15) is 0 Å². The minimum absolute atomic E-state index is 0.591. The highest BCUT2D eigenvalue weighted by molar-refractivity contribution is 9.09. The average molecular weight is 282 g/mol. The highest BCUT2D eigenvalue weighted by Gasteiger charge is 2.25. The predicted molar refractivity (Wildman–Crippen MR) is 73.3 cm³/mol. The lowest BCUT2D eigenvalue weighted by molar-refractivity contribution is 0.407. The van der Waals surface area contributed by atoms with E-state index in [1.807, 2.05) is 0 Å². The van der Waals surface area contributed by atoms with Gasteiger partial charge in [0.25, 0.3) is 0 Å². The van der Waals surface area contributed by atoms with Crippen LogP contribution in [0.5, 0.6) is 0 Å². The van der Waals surface area contributed by atoms with E-state index >= 15 is 0 Å². The summed E-state index contributed by atoms with van der Waals surface area (Å²) in [5.41, 5.74) is 3.08. The van der Waals surface area contributed by atoms with Crippen LogP contribution in [-0.4, -0.2) is 17.9 Å². The maximum Gasteiger partial charge on any atom is 0.0188 e. The number of benzene rings is 1. The van der Waals surface area contributed by atoms with Crippen LogP contribution in [0, 0.1) is 5.92 Å². The third-order valence-corrected chi connectivity index (χ3v) is 4.26. The SMILES string of the molecule is CC(C)C(CBr)NCC1Cc2ccccc21. The molecule has 0 fully saturated rings. The molecular formula is C14H20BrN. The number of fused-ring (bicyclic) bond motifs is 1. The summed E-state index contributed by atoms with van der Waals surface area (Å²) >= 11 is 3.58. The summed E-state index contributed by atoms with van der Waals surface area (Å²) in [6, 6.07) is 9.39. The highest BCUT2D eigenvalue weighted by atomic mass is 79.9. The highest BCUT2D eigenvalue weighted by Crippen LogP contribution is 2.34. The van der Waals surface area contributed by atoms with Crippen LogP contribution in [-0.2, 0) is 6.42 Å². The fourth-order valence-corrected chi connectivity index (χ4v) is 3.28. The van der Waals surface area contributed by atoms with Crippen molar-refractivity contribution in [1.29, 1.82) is 0 Å². The molecule has 1 nitrogen and oxygen atoms in total. The molecule has 2 rings (SSSR count). The molecule has 16 heavy (non-hydrogen) atoms. The Morgan fingerprint density at radius 1 is 1.38 bits per heavy atom. The number of hydrogen-bond acceptors (Lipinski definition) is 1. The molecule has 0 aliphatic heterocycles. The molecule has 1 aromatic carbocycles. The van der Waals surface area contributed by atoms with Gasteiger partial charge in [0.15, 0.2) is 0 Å². The second kappa shape index (κ2) is 5.33. The Morgan fingerprint density at radius 2 is 2.12 bits per heavy atom.